The number of carbonyl (C=O) groups is 2. The molecule has 2 aliphatic carbocycles. The van der Waals surface area contributed by atoms with E-state index >= 15 is 0 Å². The van der Waals surface area contributed by atoms with Gasteiger partial charge in [-0.05, 0) is 73.2 Å². The number of amides is 2. The number of nitrogens with zero attached hydrogens (tertiary/aromatic N) is 6. The third-order valence-electron chi connectivity index (χ3n) is 15.3. The topological polar surface area (TPSA) is 147 Å². The van der Waals surface area contributed by atoms with Gasteiger partial charge in [0.2, 0.25) is 10.9 Å². The van der Waals surface area contributed by atoms with Crippen molar-refractivity contribution in [2.75, 3.05) is 51.6 Å². The molecule has 8 aromatic rings. The summed E-state index contributed by atoms with van der Waals surface area (Å²) < 4.78 is 15.0. The lowest BCUT2D eigenvalue weighted by Crippen LogP contribution is -2.29. The van der Waals surface area contributed by atoms with E-state index in [2.05, 4.69) is 114 Å². The number of para-hydroxylation sites is 2. The molecule has 0 spiro atoms. The predicted molar refractivity (Wildman–Crippen MR) is 320 cm³/mol. The Balaban J connectivity index is 0.000000205. The van der Waals surface area contributed by atoms with Crippen LogP contribution in [-0.2, 0) is 6.54 Å². The second kappa shape index (κ2) is 21.2. The molecule has 0 saturated heterocycles. The summed E-state index contributed by atoms with van der Waals surface area (Å²) in [4.78, 5) is 67.4. The van der Waals surface area contributed by atoms with Gasteiger partial charge >= 0.3 is 0 Å². The van der Waals surface area contributed by atoms with Gasteiger partial charge in [-0.1, -0.05) is 123 Å². The van der Waals surface area contributed by atoms with E-state index in [1.165, 1.54) is 44.9 Å². The highest BCUT2D eigenvalue weighted by Crippen LogP contribution is 2.39. The van der Waals surface area contributed by atoms with E-state index in [1.54, 1.807) is 38.4 Å². The van der Waals surface area contributed by atoms with Crippen molar-refractivity contribution in [3.63, 3.8) is 0 Å². The van der Waals surface area contributed by atoms with E-state index in [-0.39, 0.29) is 33.5 Å². The Morgan fingerprint density at radius 1 is 0.595 bits per heavy atom. The number of benzene rings is 9. The van der Waals surface area contributed by atoms with Crippen LogP contribution >= 0.6 is 0 Å². The lowest BCUT2D eigenvalue weighted by atomic mass is 9.92. The molecule has 0 saturated carbocycles. The zero-order valence-electron chi connectivity index (χ0n) is 45.6. The molecule has 4 aliphatic rings. The molecule has 13 nitrogen and oxygen atoms in total. The number of anilines is 2. The fourth-order valence-corrected chi connectivity index (χ4v) is 11.1. The number of fused-ring (bicyclic) bond motifs is 11. The van der Waals surface area contributed by atoms with Crippen molar-refractivity contribution in [2.45, 2.75) is 52.1 Å². The Morgan fingerprint density at radius 3 is 1.58 bits per heavy atom. The molecule has 12 rings (SSSR count). The third kappa shape index (κ3) is 9.34. The van der Waals surface area contributed by atoms with Crippen molar-refractivity contribution in [1.82, 2.24) is 24.8 Å². The Labute approximate surface area is 457 Å². The van der Waals surface area contributed by atoms with E-state index in [4.69, 9.17) is 18.8 Å². The molecular weight excluding hydrogens is 987 g/mol. The van der Waals surface area contributed by atoms with Crippen molar-refractivity contribution in [2.24, 2.45) is 0 Å². The highest BCUT2D eigenvalue weighted by atomic mass is 16.3. The molecule has 0 fully saturated rings. The van der Waals surface area contributed by atoms with Crippen molar-refractivity contribution >= 4 is 88.7 Å². The Bertz CT molecular complexity index is 4310. The highest BCUT2D eigenvalue weighted by molar-refractivity contribution is 6.10. The summed E-state index contributed by atoms with van der Waals surface area (Å²) in [5.74, 6) is -0.0853. The van der Waals surface area contributed by atoms with Gasteiger partial charge in [0.1, 0.15) is 33.5 Å². The second-order valence-corrected chi connectivity index (χ2v) is 20.6. The maximum absolute atomic E-state index is 13.4. The minimum Gasteiger partial charge on any atom is -0.452 e. The zero-order valence-corrected chi connectivity index (χ0v) is 45.6. The number of aromatic nitrogens is 3. The first-order chi connectivity index (χ1) is 38.3. The maximum atomic E-state index is 13.4. The summed E-state index contributed by atoms with van der Waals surface area (Å²) in [5.41, 5.74) is 9.72. The first kappa shape index (κ1) is 51.7. The van der Waals surface area contributed by atoms with Crippen molar-refractivity contribution in [3.8, 4) is 22.9 Å². The van der Waals surface area contributed by atoms with Gasteiger partial charge in [-0.3, -0.25) is 19.2 Å². The summed E-state index contributed by atoms with van der Waals surface area (Å²) >= 11 is 0. The van der Waals surface area contributed by atoms with Crippen LogP contribution in [0, 0.1) is 0 Å². The molecule has 13 heteroatoms. The van der Waals surface area contributed by atoms with Gasteiger partial charge in [0.25, 0.3) is 11.8 Å². The van der Waals surface area contributed by atoms with Gasteiger partial charge < -0.3 is 33.4 Å². The number of rotatable bonds is 12. The molecule has 2 aliphatic heterocycles. The van der Waals surface area contributed by atoms with Crippen LogP contribution in [0.15, 0.2) is 176 Å². The predicted octanol–water partition coefficient (Wildman–Crippen LogP) is 13.3. The molecule has 0 radical (unpaired) electrons. The Kier molecular flexibility index (Phi) is 13.9. The minimum absolute atomic E-state index is 0.0124. The van der Waals surface area contributed by atoms with E-state index in [0.29, 0.717) is 67.1 Å². The molecule has 396 valence electrons. The van der Waals surface area contributed by atoms with Crippen LogP contribution in [0.2, 0.25) is 0 Å². The van der Waals surface area contributed by atoms with Crippen LogP contribution in [0.25, 0.3) is 88.5 Å². The van der Waals surface area contributed by atoms with Crippen LogP contribution in [0.3, 0.4) is 0 Å². The summed E-state index contributed by atoms with van der Waals surface area (Å²) in [6.07, 6.45) is 2.11. The second-order valence-electron chi connectivity index (χ2n) is 20.6. The molecule has 3 heterocycles. The van der Waals surface area contributed by atoms with E-state index < -0.39 is 11.8 Å². The van der Waals surface area contributed by atoms with E-state index in [9.17, 15) is 19.2 Å². The van der Waals surface area contributed by atoms with Crippen LogP contribution < -0.4 is 26.0 Å². The van der Waals surface area contributed by atoms with E-state index in [0.717, 1.165) is 37.3 Å². The molecule has 2 amide bonds. The largest absolute Gasteiger partial charge is 0.452 e. The summed E-state index contributed by atoms with van der Waals surface area (Å²) in [6.45, 7) is 8.27. The number of carbonyl (C=O) groups excluding carboxylic acids is 2. The zero-order chi connectivity index (χ0) is 55.2. The molecule has 0 bridgehead atoms. The van der Waals surface area contributed by atoms with Gasteiger partial charge in [0.15, 0.2) is 22.7 Å². The van der Waals surface area contributed by atoms with Crippen LogP contribution in [0.1, 0.15) is 77.4 Å². The molecule has 7 aromatic carbocycles. The quantitative estimate of drug-likeness (QED) is 0.0926. The van der Waals surface area contributed by atoms with Crippen molar-refractivity contribution in [1.29, 1.82) is 0 Å². The summed E-state index contributed by atoms with van der Waals surface area (Å²) in [6, 6.07) is 53.0. The smallest absolute Gasteiger partial charge is 0.261 e. The maximum Gasteiger partial charge on any atom is 0.261 e. The van der Waals surface area contributed by atoms with Crippen molar-refractivity contribution in [3.05, 3.63) is 200 Å². The van der Waals surface area contributed by atoms with Crippen LogP contribution in [0.4, 0.5) is 11.4 Å². The number of hydrogen-bond donors (Lipinski definition) is 1. The monoisotopic (exact) mass is 1050 g/mol. The lowest BCUT2D eigenvalue weighted by Gasteiger charge is -2.25. The number of nitrogens with one attached hydrogen (secondary N) is 1. The van der Waals surface area contributed by atoms with Gasteiger partial charge in [-0.2, -0.15) is 0 Å². The Morgan fingerprint density at radius 2 is 1.08 bits per heavy atom. The normalized spacial score (nSPS) is 12.4. The molecule has 2 atom stereocenters. The van der Waals surface area contributed by atoms with Gasteiger partial charge in [-0.25, -0.2) is 9.97 Å². The lowest BCUT2D eigenvalue weighted by molar-refractivity contribution is 0.0825. The highest BCUT2D eigenvalue weighted by Gasteiger charge is 2.29. The SMILES string of the molecule is CCC(CC(C)c1ccc(CN(CC)c2ccc3nc4c5ccccc5c(=O)c(C(=O)NC)c-4oc3c2)cc1)n1c2ccccc2c2ccccc21.CN(C)C(=O)c1c2oc3cc(N(C)C)ccc3nc-2c2ccccc2c1=O. The molecule has 1 N–H and O–H groups in total. The van der Waals surface area contributed by atoms with Crippen molar-refractivity contribution < 1.29 is 18.4 Å². The summed E-state index contributed by atoms with van der Waals surface area (Å²) in [5, 5.41) is 7.47. The number of hydrogen-bond acceptors (Lipinski definition) is 10. The summed E-state index contributed by atoms with van der Waals surface area (Å²) in [7, 11) is 8.60. The standard InChI is InChI=1S/C45H42N4O3.C21H19N3O3/c1-5-31(49-38-17-11-9-13-33(38)34-14-10-12-18-39(34)49)25-28(3)30-21-19-29(20-22-30)27-48(6-2)32-23-24-37-40(26-32)52-44-41(45(51)46-4)43(50)36-16-8-7-15-35(36)42(44)47-37;1-23(2)12-9-10-15-16(11-12)27-20-17(21(26)24(3)4)19(25)14-8-6-5-7-13(14)18(20)22-15/h7-24,26,28,31H,5-6,25,27H2,1-4H3,(H,46,51);5-11H,1-4H3. The van der Waals surface area contributed by atoms with Gasteiger partial charge in [0, 0.05) is 121 Å². The average molecular weight is 1050 g/mol. The minimum atomic E-state index is -0.494. The molecule has 2 unspecified atom stereocenters. The first-order valence-electron chi connectivity index (χ1n) is 26.8. The fourth-order valence-electron chi connectivity index (χ4n) is 11.1. The molecule has 1 aromatic heterocycles. The average Bonchev–Trinajstić information content (AvgIpc) is 3.83. The van der Waals surface area contributed by atoms with Gasteiger partial charge in [0.05, 0.1) is 0 Å². The van der Waals surface area contributed by atoms with Crippen LogP contribution in [-0.4, -0.2) is 73.0 Å². The molecular formula is C66H61N7O6. The first-order valence-corrected chi connectivity index (χ1v) is 26.8. The Hall–Kier alpha value is -9.36. The van der Waals surface area contributed by atoms with E-state index in [1.807, 2.05) is 73.6 Å². The fraction of sp³-hybridized carbons (Fsp3) is 0.212. The van der Waals surface area contributed by atoms with Crippen LogP contribution in [0.5, 0.6) is 0 Å². The third-order valence-corrected chi connectivity index (χ3v) is 15.3. The molecule has 79 heavy (non-hydrogen) atoms. The van der Waals surface area contributed by atoms with Gasteiger partial charge in [-0.15, -0.1) is 0 Å².